The number of anilines is 1. The highest BCUT2D eigenvalue weighted by molar-refractivity contribution is 7.98. The van der Waals surface area contributed by atoms with E-state index in [1.54, 1.807) is 0 Å². The molecule has 1 N–H and O–H groups in total. The summed E-state index contributed by atoms with van der Waals surface area (Å²) in [5, 5.41) is 5.47. The van der Waals surface area contributed by atoms with Crippen molar-refractivity contribution in [3.63, 3.8) is 0 Å². The molecule has 0 radical (unpaired) electrons. The van der Waals surface area contributed by atoms with Gasteiger partial charge in [0.15, 0.2) is 16.6 Å². The van der Waals surface area contributed by atoms with Gasteiger partial charge >= 0.3 is 0 Å². The topological polar surface area (TPSA) is 60.5 Å². The molecular formula is C22H22N2O3S2. The Bertz CT molecular complexity index is 960. The number of benzene rings is 2. The number of carbonyl (C=O) groups excluding carboxylic acids is 1. The van der Waals surface area contributed by atoms with Crippen LogP contribution in [-0.4, -0.2) is 29.9 Å². The van der Waals surface area contributed by atoms with Crippen molar-refractivity contribution >= 4 is 34.1 Å². The molecule has 29 heavy (non-hydrogen) atoms. The van der Waals surface area contributed by atoms with Crippen LogP contribution in [0.3, 0.4) is 0 Å². The molecule has 0 fully saturated rings. The van der Waals surface area contributed by atoms with Crippen LogP contribution in [0, 0.1) is 0 Å². The van der Waals surface area contributed by atoms with Gasteiger partial charge in [-0.25, -0.2) is 4.98 Å². The van der Waals surface area contributed by atoms with Crippen LogP contribution in [0.4, 0.5) is 5.13 Å². The molecule has 4 rings (SSSR count). The predicted molar refractivity (Wildman–Crippen MR) is 119 cm³/mol. The van der Waals surface area contributed by atoms with E-state index in [1.165, 1.54) is 16.9 Å². The van der Waals surface area contributed by atoms with Crippen LogP contribution in [0.25, 0.3) is 11.3 Å². The minimum Gasteiger partial charge on any atom is -0.486 e. The highest BCUT2D eigenvalue weighted by Gasteiger charge is 2.14. The Morgan fingerprint density at radius 2 is 1.93 bits per heavy atom. The van der Waals surface area contributed by atoms with Crippen molar-refractivity contribution in [1.82, 2.24) is 4.98 Å². The van der Waals surface area contributed by atoms with Gasteiger partial charge in [-0.2, -0.15) is 11.8 Å². The lowest BCUT2D eigenvalue weighted by atomic mass is 10.1. The lowest BCUT2D eigenvalue weighted by Crippen LogP contribution is -2.15. The van der Waals surface area contributed by atoms with E-state index in [2.05, 4.69) is 34.6 Å². The molecule has 1 aliphatic rings. The quantitative estimate of drug-likeness (QED) is 0.500. The lowest BCUT2D eigenvalue weighted by molar-refractivity contribution is -0.116. The fourth-order valence-electron chi connectivity index (χ4n) is 2.95. The first-order valence-electron chi connectivity index (χ1n) is 9.55. The monoisotopic (exact) mass is 426 g/mol. The second-order valence-electron chi connectivity index (χ2n) is 6.59. The zero-order valence-corrected chi connectivity index (χ0v) is 17.6. The molecule has 3 aromatic rings. The fraction of sp³-hybridized carbons (Fsp3) is 0.273. The van der Waals surface area contributed by atoms with Crippen molar-refractivity contribution in [2.24, 2.45) is 0 Å². The van der Waals surface area contributed by atoms with Crippen LogP contribution < -0.4 is 14.8 Å². The van der Waals surface area contributed by atoms with Gasteiger partial charge in [-0.15, -0.1) is 11.3 Å². The maximum absolute atomic E-state index is 12.2. The fourth-order valence-corrected chi connectivity index (χ4v) is 4.60. The van der Waals surface area contributed by atoms with E-state index < -0.39 is 0 Å². The summed E-state index contributed by atoms with van der Waals surface area (Å²) in [6.07, 6.45) is 1.35. The molecule has 7 heteroatoms. The summed E-state index contributed by atoms with van der Waals surface area (Å²) in [5.41, 5.74) is 3.08. The van der Waals surface area contributed by atoms with Crippen LogP contribution in [0.15, 0.2) is 53.9 Å². The standard InChI is InChI=1S/C22H22N2O3S2/c25-21(7-4-12-28-14-16-5-2-1-3-6-16)24-22-23-18(15-29-22)17-8-9-19-20(13-17)27-11-10-26-19/h1-3,5-6,8-9,13,15H,4,7,10-12,14H2,(H,23,24,25). The summed E-state index contributed by atoms with van der Waals surface area (Å²) in [4.78, 5) is 16.7. The molecule has 2 aromatic carbocycles. The van der Waals surface area contributed by atoms with Crippen LogP contribution >= 0.6 is 23.1 Å². The highest BCUT2D eigenvalue weighted by atomic mass is 32.2. The van der Waals surface area contributed by atoms with Gasteiger partial charge in [-0.05, 0) is 35.9 Å². The zero-order valence-electron chi connectivity index (χ0n) is 15.9. The average molecular weight is 427 g/mol. The largest absolute Gasteiger partial charge is 0.486 e. The average Bonchev–Trinajstić information content (AvgIpc) is 3.22. The normalized spacial score (nSPS) is 12.6. The van der Waals surface area contributed by atoms with E-state index in [4.69, 9.17) is 9.47 Å². The molecule has 2 heterocycles. The molecule has 0 saturated carbocycles. The van der Waals surface area contributed by atoms with Crippen molar-refractivity contribution in [3.05, 3.63) is 59.5 Å². The van der Waals surface area contributed by atoms with Gasteiger partial charge in [-0.3, -0.25) is 4.79 Å². The number of thiazole rings is 1. The number of hydrogen-bond acceptors (Lipinski definition) is 6. The van der Waals surface area contributed by atoms with E-state index >= 15 is 0 Å². The number of carbonyl (C=O) groups is 1. The summed E-state index contributed by atoms with van der Waals surface area (Å²) >= 11 is 3.28. The van der Waals surface area contributed by atoms with Crippen LogP contribution in [0.5, 0.6) is 11.5 Å². The van der Waals surface area contributed by atoms with Gasteiger partial charge in [0.25, 0.3) is 0 Å². The van der Waals surface area contributed by atoms with E-state index in [0.717, 1.165) is 40.7 Å². The van der Waals surface area contributed by atoms with Gasteiger partial charge in [0.05, 0.1) is 5.69 Å². The Kier molecular flexibility index (Phi) is 6.69. The maximum atomic E-state index is 12.2. The Balaban J connectivity index is 1.23. The van der Waals surface area contributed by atoms with E-state index in [9.17, 15) is 4.79 Å². The molecule has 0 bridgehead atoms. The number of nitrogens with zero attached hydrogens (tertiary/aromatic N) is 1. The molecule has 1 amide bonds. The molecule has 150 valence electrons. The van der Waals surface area contributed by atoms with Gasteiger partial charge < -0.3 is 14.8 Å². The SMILES string of the molecule is O=C(CCCSCc1ccccc1)Nc1nc(-c2ccc3c(c2)OCCO3)cs1. The number of amides is 1. The van der Waals surface area contributed by atoms with Crippen molar-refractivity contribution in [1.29, 1.82) is 0 Å². The van der Waals surface area contributed by atoms with Crippen LogP contribution in [0.1, 0.15) is 18.4 Å². The number of aromatic nitrogens is 1. The first kappa shape index (κ1) is 19.8. The number of rotatable bonds is 8. The summed E-state index contributed by atoms with van der Waals surface area (Å²) in [6.45, 7) is 1.13. The molecule has 1 aromatic heterocycles. The molecule has 1 aliphatic heterocycles. The van der Waals surface area contributed by atoms with Crippen LogP contribution in [-0.2, 0) is 10.5 Å². The Morgan fingerprint density at radius 3 is 2.79 bits per heavy atom. The van der Waals surface area contributed by atoms with Gasteiger partial charge in [0, 0.05) is 23.1 Å². The van der Waals surface area contributed by atoms with E-state index in [0.29, 0.717) is 24.8 Å². The van der Waals surface area contributed by atoms with Gasteiger partial charge in [-0.1, -0.05) is 30.3 Å². The third-order valence-corrected chi connectivity index (χ3v) is 6.27. The summed E-state index contributed by atoms with van der Waals surface area (Å²) in [7, 11) is 0. The minimum absolute atomic E-state index is 0.00776. The molecule has 5 nitrogen and oxygen atoms in total. The number of ether oxygens (including phenoxy) is 2. The second kappa shape index (κ2) is 9.80. The predicted octanol–water partition coefficient (Wildman–Crippen LogP) is 5.23. The minimum atomic E-state index is 0.00776. The maximum Gasteiger partial charge on any atom is 0.226 e. The number of nitrogens with one attached hydrogen (secondary N) is 1. The third-order valence-electron chi connectivity index (χ3n) is 4.39. The highest BCUT2D eigenvalue weighted by Crippen LogP contribution is 2.35. The van der Waals surface area contributed by atoms with Crippen molar-refractivity contribution in [2.75, 3.05) is 24.3 Å². The van der Waals surface area contributed by atoms with Crippen LogP contribution in [0.2, 0.25) is 0 Å². The first-order valence-corrected chi connectivity index (χ1v) is 11.6. The molecular weight excluding hydrogens is 404 g/mol. The van der Waals surface area contributed by atoms with Gasteiger partial charge in [0.1, 0.15) is 13.2 Å². The first-order chi connectivity index (χ1) is 14.3. The van der Waals surface area contributed by atoms with Crippen molar-refractivity contribution in [3.8, 4) is 22.8 Å². The molecule has 0 aliphatic carbocycles. The van der Waals surface area contributed by atoms with Gasteiger partial charge in [0.2, 0.25) is 5.91 Å². The zero-order chi connectivity index (χ0) is 19.9. The summed E-state index contributed by atoms with van der Waals surface area (Å²) < 4.78 is 11.2. The Morgan fingerprint density at radius 1 is 1.10 bits per heavy atom. The van der Waals surface area contributed by atoms with E-state index in [1.807, 2.05) is 41.4 Å². The number of fused-ring (bicyclic) bond motifs is 1. The summed E-state index contributed by atoms with van der Waals surface area (Å²) in [6, 6.07) is 16.2. The smallest absolute Gasteiger partial charge is 0.226 e. The number of thioether (sulfide) groups is 1. The molecule has 0 spiro atoms. The second-order valence-corrected chi connectivity index (χ2v) is 8.55. The van der Waals surface area contributed by atoms with Crippen molar-refractivity contribution in [2.45, 2.75) is 18.6 Å². The lowest BCUT2D eigenvalue weighted by Gasteiger charge is -2.18. The third kappa shape index (κ3) is 5.52. The van der Waals surface area contributed by atoms with Crippen molar-refractivity contribution < 1.29 is 14.3 Å². The van der Waals surface area contributed by atoms with E-state index in [-0.39, 0.29) is 5.91 Å². The molecule has 0 unspecified atom stereocenters. The molecule has 0 atom stereocenters. The number of hydrogen-bond donors (Lipinski definition) is 1. The summed E-state index contributed by atoms with van der Waals surface area (Å²) in [5.74, 6) is 3.44. The molecule has 0 saturated heterocycles. The Hall–Kier alpha value is -2.51. The Labute approximate surface area is 178 Å².